The highest BCUT2D eigenvalue weighted by molar-refractivity contribution is 5.94. The van der Waals surface area contributed by atoms with E-state index >= 15 is 0 Å². The van der Waals surface area contributed by atoms with Crippen LogP contribution in [0.5, 0.6) is 0 Å². The van der Waals surface area contributed by atoms with Crippen LogP contribution in [0.25, 0.3) is 0 Å². The smallest absolute Gasteiger partial charge is 0.254 e. The maximum Gasteiger partial charge on any atom is 0.254 e. The van der Waals surface area contributed by atoms with Crippen LogP contribution < -0.4 is 5.73 Å². The van der Waals surface area contributed by atoms with Gasteiger partial charge in [0.25, 0.3) is 5.91 Å². The fraction of sp³-hybridized carbons (Fsp3) is 0.444. The minimum atomic E-state index is 0.0932. The van der Waals surface area contributed by atoms with Crippen LogP contribution in [0.4, 0.5) is 0 Å². The van der Waals surface area contributed by atoms with Crippen molar-refractivity contribution in [2.45, 2.75) is 39.3 Å². The van der Waals surface area contributed by atoms with Gasteiger partial charge in [0.2, 0.25) is 0 Å². The SMILES string of the molecule is Cc1cc(C)n(Cc2ccc(C(=O)N3CCCC3CN)cc2)n1. The molecule has 1 amide bonds. The molecule has 1 aromatic heterocycles. The molecule has 0 aliphatic carbocycles. The fourth-order valence-electron chi connectivity index (χ4n) is 3.27. The number of carbonyl (C=O) groups is 1. The molecule has 1 aromatic carbocycles. The van der Waals surface area contributed by atoms with Crippen molar-refractivity contribution in [1.82, 2.24) is 14.7 Å². The lowest BCUT2D eigenvalue weighted by Gasteiger charge is -2.23. The molecule has 0 spiro atoms. The Bertz CT molecular complexity index is 690. The molecule has 0 saturated carbocycles. The number of hydrogen-bond donors (Lipinski definition) is 1. The zero-order chi connectivity index (χ0) is 16.4. The third-order valence-electron chi connectivity index (χ3n) is 4.55. The zero-order valence-electron chi connectivity index (χ0n) is 13.8. The molecular formula is C18H24N4O. The van der Waals surface area contributed by atoms with Gasteiger partial charge in [0.1, 0.15) is 0 Å². The molecule has 23 heavy (non-hydrogen) atoms. The molecule has 1 atom stereocenters. The second kappa shape index (κ2) is 6.54. The van der Waals surface area contributed by atoms with Gasteiger partial charge in [0.05, 0.1) is 12.2 Å². The Hall–Kier alpha value is -2.14. The summed E-state index contributed by atoms with van der Waals surface area (Å²) in [6.07, 6.45) is 2.06. The van der Waals surface area contributed by atoms with Crippen molar-refractivity contribution < 1.29 is 4.79 Å². The number of nitrogens with zero attached hydrogens (tertiary/aromatic N) is 3. The topological polar surface area (TPSA) is 64.2 Å². The Morgan fingerprint density at radius 1 is 1.30 bits per heavy atom. The largest absolute Gasteiger partial charge is 0.334 e. The minimum Gasteiger partial charge on any atom is -0.334 e. The number of hydrogen-bond acceptors (Lipinski definition) is 3. The third kappa shape index (κ3) is 3.29. The van der Waals surface area contributed by atoms with Gasteiger partial charge in [-0.15, -0.1) is 0 Å². The van der Waals surface area contributed by atoms with Crippen molar-refractivity contribution in [3.8, 4) is 0 Å². The molecular weight excluding hydrogens is 288 g/mol. The molecule has 2 aromatic rings. The van der Waals surface area contributed by atoms with Crippen molar-refractivity contribution in [3.63, 3.8) is 0 Å². The van der Waals surface area contributed by atoms with Crippen molar-refractivity contribution in [2.75, 3.05) is 13.1 Å². The van der Waals surface area contributed by atoms with E-state index < -0.39 is 0 Å². The number of aryl methyl sites for hydroxylation is 2. The lowest BCUT2D eigenvalue weighted by Crippen LogP contribution is -2.39. The number of nitrogens with two attached hydrogens (primary N) is 1. The molecule has 5 heteroatoms. The lowest BCUT2D eigenvalue weighted by atomic mass is 10.1. The Labute approximate surface area is 137 Å². The van der Waals surface area contributed by atoms with Crippen LogP contribution in [0.15, 0.2) is 30.3 Å². The van der Waals surface area contributed by atoms with Gasteiger partial charge in [-0.1, -0.05) is 12.1 Å². The van der Waals surface area contributed by atoms with Crippen molar-refractivity contribution >= 4 is 5.91 Å². The van der Waals surface area contributed by atoms with Crippen LogP contribution in [0.1, 0.15) is 40.2 Å². The van der Waals surface area contributed by atoms with E-state index in [4.69, 9.17) is 5.73 Å². The molecule has 122 valence electrons. The maximum atomic E-state index is 12.6. The van der Waals surface area contributed by atoms with E-state index in [9.17, 15) is 4.79 Å². The molecule has 5 nitrogen and oxygen atoms in total. The van der Waals surface area contributed by atoms with E-state index in [0.717, 1.165) is 48.4 Å². The van der Waals surface area contributed by atoms with Crippen LogP contribution in [0.2, 0.25) is 0 Å². The van der Waals surface area contributed by atoms with Gasteiger partial charge >= 0.3 is 0 Å². The van der Waals surface area contributed by atoms with Gasteiger partial charge < -0.3 is 10.6 Å². The monoisotopic (exact) mass is 312 g/mol. The van der Waals surface area contributed by atoms with Crippen LogP contribution >= 0.6 is 0 Å². The first kappa shape index (κ1) is 15.7. The number of amides is 1. The molecule has 2 heterocycles. The highest BCUT2D eigenvalue weighted by Gasteiger charge is 2.28. The fourth-order valence-corrected chi connectivity index (χ4v) is 3.27. The Balaban J connectivity index is 1.72. The number of likely N-dealkylation sites (tertiary alicyclic amines) is 1. The summed E-state index contributed by atoms with van der Waals surface area (Å²) in [5.74, 6) is 0.0932. The van der Waals surface area contributed by atoms with Crippen LogP contribution in [-0.4, -0.2) is 39.7 Å². The minimum absolute atomic E-state index is 0.0932. The highest BCUT2D eigenvalue weighted by atomic mass is 16.2. The summed E-state index contributed by atoms with van der Waals surface area (Å²) in [6, 6.07) is 10.1. The van der Waals surface area contributed by atoms with Gasteiger partial charge in [0.15, 0.2) is 0 Å². The number of carbonyl (C=O) groups excluding carboxylic acids is 1. The Kier molecular flexibility index (Phi) is 4.48. The molecule has 0 radical (unpaired) electrons. The van der Waals surface area contributed by atoms with Crippen LogP contribution in [-0.2, 0) is 6.54 Å². The van der Waals surface area contributed by atoms with Gasteiger partial charge in [-0.3, -0.25) is 9.48 Å². The standard InChI is InChI=1S/C18H24N4O/c1-13-10-14(2)22(20-13)12-15-5-7-16(8-6-15)18(23)21-9-3-4-17(21)11-19/h5-8,10,17H,3-4,9,11-12,19H2,1-2H3. The zero-order valence-corrected chi connectivity index (χ0v) is 13.8. The van der Waals surface area contributed by atoms with Crippen LogP contribution in [0.3, 0.4) is 0 Å². The molecule has 1 unspecified atom stereocenters. The van der Waals surface area contributed by atoms with Crippen LogP contribution in [0, 0.1) is 13.8 Å². The summed E-state index contributed by atoms with van der Waals surface area (Å²) in [7, 11) is 0. The van der Waals surface area contributed by atoms with Crippen molar-refractivity contribution in [3.05, 3.63) is 52.8 Å². The van der Waals surface area contributed by atoms with Crippen molar-refractivity contribution in [2.24, 2.45) is 5.73 Å². The second-order valence-corrected chi connectivity index (χ2v) is 6.31. The molecule has 1 aliphatic heterocycles. The lowest BCUT2D eigenvalue weighted by molar-refractivity contribution is 0.0741. The van der Waals surface area contributed by atoms with Gasteiger partial charge in [-0.2, -0.15) is 5.10 Å². The maximum absolute atomic E-state index is 12.6. The number of benzene rings is 1. The first-order chi connectivity index (χ1) is 11.1. The van der Waals surface area contributed by atoms with Gasteiger partial charge in [-0.05, 0) is 50.5 Å². The molecule has 0 bridgehead atoms. The van der Waals surface area contributed by atoms with E-state index in [1.807, 2.05) is 40.8 Å². The Morgan fingerprint density at radius 2 is 2.04 bits per heavy atom. The number of aromatic nitrogens is 2. The molecule has 3 rings (SSSR count). The first-order valence-electron chi connectivity index (χ1n) is 8.19. The third-order valence-corrected chi connectivity index (χ3v) is 4.55. The summed E-state index contributed by atoms with van der Waals surface area (Å²) in [4.78, 5) is 14.5. The van der Waals surface area contributed by atoms with E-state index in [2.05, 4.69) is 18.1 Å². The van der Waals surface area contributed by atoms with E-state index in [1.54, 1.807) is 0 Å². The van der Waals surface area contributed by atoms with Gasteiger partial charge in [-0.25, -0.2) is 0 Å². The normalized spacial score (nSPS) is 17.7. The summed E-state index contributed by atoms with van der Waals surface area (Å²) in [5.41, 5.74) is 9.81. The summed E-state index contributed by atoms with van der Waals surface area (Å²) < 4.78 is 1.98. The Morgan fingerprint density at radius 3 is 2.65 bits per heavy atom. The predicted octanol–water partition coefficient (Wildman–Crippen LogP) is 2.11. The average molecular weight is 312 g/mol. The van der Waals surface area contributed by atoms with E-state index in [-0.39, 0.29) is 11.9 Å². The summed E-state index contributed by atoms with van der Waals surface area (Å²) in [6.45, 7) is 6.13. The molecule has 1 fully saturated rings. The highest BCUT2D eigenvalue weighted by Crippen LogP contribution is 2.19. The van der Waals surface area contributed by atoms with E-state index in [1.165, 1.54) is 0 Å². The number of rotatable bonds is 4. The first-order valence-corrected chi connectivity index (χ1v) is 8.19. The van der Waals surface area contributed by atoms with Gasteiger partial charge in [0, 0.05) is 30.4 Å². The second-order valence-electron chi connectivity index (χ2n) is 6.31. The molecule has 2 N–H and O–H groups in total. The molecule has 1 aliphatic rings. The summed E-state index contributed by atoms with van der Waals surface area (Å²) >= 11 is 0. The van der Waals surface area contributed by atoms with Crippen molar-refractivity contribution in [1.29, 1.82) is 0 Å². The molecule has 1 saturated heterocycles. The summed E-state index contributed by atoms with van der Waals surface area (Å²) in [5, 5.41) is 4.47. The average Bonchev–Trinajstić information content (AvgIpc) is 3.14. The predicted molar refractivity (Wildman–Crippen MR) is 90.4 cm³/mol. The quantitative estimate of drug-likeness (QED) is 0.940. The van der Waals surface area contributed by atoms with E-state index in [0.29, 0.717) is 6.54 Å².